The quantitative estimate of drug-likeness (QED) is 0.845. The minimum Gasteiger partial charge on any atom is -0.487 e. The van der Waals surface area contributed by atoms with Gasteiger partial charge < -0.3 is 4.74 Å². The van der Waals surface area contributed by atoms with Gasteiger partial charge in [0.2, 0.25) is 0 Å². The highest BCUT2D eigenvalue weighted by Crippen LogP contribution is 2.18. The molecule has 0 radical (unpaired) electrons. The third-order valence-corrected chi connectivity index (χ3v) is 4.34. The van der Waals surface area contributed by atoms with Gasteiger partial charge in [0.1, 0.15) is 12.4 Å². The number of halogens is 1. The molecule has 106 valence electrons. The number of aromatic nitrogens is 1. The van der Waals surface area contributed by atoms with E-state index in [1.165, 1.54) is 18.4 Å². The Bertz CT molecular complexity index is 712. The van der Waals surface area contributed by atoms with E-state index in [0.717, 1.165) is 15.7 Å². The SMILES string of the molecule is Cc1cc(Br)cnc1COc1ccc(S(C)(=O)=O)cc1. The molecule has 0 N–H and O–H groups in total. The second-order valence-electron chi connectivity index (χ2n) is 4.45. The molecule has 1 aromatic heterocycles. The van der Waals surface area contributed by atoms with Crippen molar-refractivity contribution in [2.45, 2.75) is 18.4 Å². The molecule has 2 rings (SSSR count). The molecule has 0 atom stereocenters. The molecule has 0 saturated carbocycles. The van der Waals surface area contributed by atoms with Crippen molar-refractivity contribution >= 4 is 25.8 Å². The van der Waals surface area contributed by atoms with E-state index in [0.29, 0.717) is 12.4 Å². The summed E-state index contributed by atoms with van der Waals surface area (Å²) in [6, 6.07) is 8.33. The van der Waals surface area contributed by atoms with Crippen LogP contribution in [0.5, 0.6) is 5.75 Å². The van der Waals surface area contributed by atoms with Crippen molar-refractivity contribution < 1.29 is 13.2 Å². The van der Waals surface area contributed by atoms with Crippen LogP contribution in [0.15, 0.2) is 45.9 Å². The topological polar surface area (TPSA) is 56.3 Å². The maximum absolute atomic E-state index is 11.3. The number of pyridine rings is 1. The summed E-state index contributed by atoms with van der Waals surface area (Å²) >= 11 is 3.36. The molecule has 0 fully saturated rings. The minimum absolute atomic E-state index is 0.280. The van der Waals surface area contributed by atoms with E-state index >= 15 is 0 Å². The molecule has 0 saturated heterocycles. The standard InChI is InChI=1S/C14H14BrNO3S/c1-10-7-11(15)8-16-14(10)9-19-12-3-5-13(6-4-12)20(2,17)18/h3-8H,9H2,1-2H3. The summed E-state index contributed by atoms with van der Waals surface area (Å²) in [4.78, 5) is 4.56. The first kappa shape index (κ1) is 15.0. The Labute approximate surface area is 126 Å². The van der Waals surface area contributed by atoms with Gasteiger partial charge in [-0.1, -0.05) is 0 Å². The molecule has 0 aliphatic heterocycles. The number of hydrogen-bond acceptors (Lipinski definition) is 4. The third kappa shape index (κ3) is 3.80. The van der Waals surface area contributed by atoms with E-state index in [1.807, 2.05) is 13.0 Å². The Morgan fingerprint density at radius 1 is 1.25 bits per heavy atom. The molecule has 20 heavy (non-hydrogen) atoms. The first-order valence-electron chi connectivity index (χ1n) is 5.90. The number of hydrogen-bond donors (Lipinski definition) is 0. The molecule has 0 unspecified atom stereocenters. The molecule has 0 aliphatic rings. The predicted molar refractivity (Wildman–Crippen MR) is 80.6 cm³/mol. The molecular weight excluding hydrogens is 342 g/mol. The molecule has 1 heterocycles. The molecule has 0 spiro atoms. The Balaban J connectivity index is 2.08. The van der Waals surface area contributed by atoms with Gasteiger partial charge in [-0.3, -0.25) is 4.98 Å². The summed E-state index contributed by atoms with van der Waals surface area (Å²) in [5.74, 6) is 0.613. The van der Waals surface area contributed by atoms with Gasteiger partial charge in [-0.25, -0.2) is 8.42 Å². The highest BCUT2D eigenvalue weighted by atomic mass is 79.9. The third-order valence-electron chi connectivity index (χ3n) is 2.78. The van der Waals surface area contributed by atoms with Gasteiger partial charge in [0.05, 0.1) is 10.6 Å². The highest BCUT2D eigenvalue weighted by Gasteiger charge is 2.07. The number of benzene rings is 1. The smallest absolute Gasteiger partial charge is 0.175 e. The van der Waals surface area contributed by atoms with Crippen LogP contribution in [0.4, 0.5) is 0 Å². The molecule has 6 heteroatoms. The number of aryl methyl sites for hydroxylation is 1. The molecule has 0 bridgehead atoms. The van der Waals surface area contributed by atoms with Gasteiger partial charge in [-0.05, 0) is 58.7 Å². The van der Waals surface area contributed by atoms with Crippen LogP contribution < -0.4 is 4.74 Å². The van der Waals surface area contributed by atoms with Crippen molar-refractivity contribution in [2.75, 3.05) is 6.26 Å². The van der Waals surface area contributed by atoms with Crippen molar-refractivity contribution in [1.29, 1.82) is 0 Å². The van der Waals surface area contributed by atoms with Gasteiger partial charge in [-0.15, -0.1) is 0 Å². The number of ether oxygens (including phenoxy) is 1. The molecule has 4 nitrogen and oxygen atoms in total. The fraction of sp³-hybridized carbons (Fsp3) is 0.214. The first-order chi connectivity index (χ1) is 9.36. The monoisotopic (exact) mass is 355 g/mol. The van der Waals surface area contributed by atoms with Crippen LogP contribution in [0.3, 0.4) is 0 Å². The maximum atomic E-state index is 11.3. The summed E-state index contributed by atoms with van der Waals surface area (Å²) in [6.07, 6.45) is 2.90. The van der Waals surface area contributed by atoms with Crippen LogP contribution in [0.1, 0.15) is 11.3 Å². The summed E-state index contributed by atoms with van der Waals surface area (Å²) < 4.78 is 29.2. The van der Waals surface area contributed by atoms with Crippen molar-refractivity contribution in [2.24, 2.45) is 0 Å². The van der Waals surface area contributed by atoms with Crippen molar-refractivity contribution in [1.82, 2.24) is 4.98 Å². The second-order valence-corrected chi connectivity index (χ2v) is 7.38. The predicted octanol–water partition coefficient (Wildman–Crippen LogP) is 3.14. The lowest BCUT2D eigenvalue weighted by Gasteiger charge is -2.08. The van der Waals surface area contributed by atoms with Crippen LogP contribution in [0.25, 0.3) is 0 Å². The fourth-order valence-corrected chi connectivity index (χ4v) is 2.73. The zero-order valence-electron chi connectivity index (χ0n) is 11.1. The number of nitrogens with zero attached hydrogens (tertiary/aromatic N) is 1. The summed E-state index contributed by atoms with van der Waals surface area (Å²) in [7, 11) is -3.17. The summed E-state index contributed by atoms with van der Waals surface area (Å²) in [5.41, 5.74) is 1.88. The van der Waals surface area contributed by atoms with Crippen molar-refractivity contribution in [3.05, 3.63) is 52.3 Å². The number of sulfone groups is 1. The van der Waals surface area contributed by atoms with Crippen LogP contribution in [-0.4, -0.2) is 19.7 Å². The summed E-state index contributed by atoms with van der Waals surface area (Å²) in [5, 5.41) is 0. The van der Waals surface area contributed by atoms with Gasteiger partial charge in [-0.2, -0.15) is 0 Å². The van der Waals surface area contributed by atoms with E-state index in [9.17, 15) is 8.42 Å². The maximum Gasteiger partial charge on any atom is 0.175 e. The minimum atomic E-state index is -3.17. The lowest BCUT2D eigenvalue weighted by Crippen LogP contribution is -2.01. The molecular formula is C14H14BrNO3S. The normalized spacial score (nSPS) is 11.3. The second kappa shape index (κ2) is 5.93. The van der Waals surface area contributed by atoms with E-state index in [1.54, 1.807) is 18.3 Å². The molecule has 1 aromatic carbocycles. The van der Waals surface area contributed by atoms with E-state index in [4.69, 9.17) is 4.74 Å². The Morgan fingerprint density at radius 3 is 2.45 bits per heavy atom. The van der Waals surface area contributed by atoms with Crippen molar-refractivity contribution in [3.8, 4) is 5.75 Å². The molecule has 0 amide bonds. The van der Waals surface area contributed by atoms with Gasteiger partial charge in [0.15, 0.2) is 9.84 Å². The van der Waals surface area contributed by atoms with E-state index < -0.39 is 9.84 Å². The zero-order valence-corrected chi connectivity index (χ0v) is 13.5. The van der Waals surface area contributed by atoms with Gasteiger partial charge >= 0.3 is 0 Å². The fourth-order valence-electron chi connectivity index (χ4n) is 1.65. The average molecular weight is 356 g/mol. The largest absolute Gasteiger partial charge is 0.487 e. The van der Waals surface area contributed by atoms with Crippen LogP contribution in [0, 0.1) is 6.92 Å². The van der Waals surface area contributed by atoms with E-state index in [2.05, 4.69) is 20.9 Å². The Kier molecular flexibility index (Phi) is 4.45. The Morgan fingerprint density at radius 2 is 1.90 bits per heavy atom. The van der Waals surface area contributed by atoms with Gasteiger partial charge in [0.25, 0.3) is 0 Å². The number of rotatable bonds is 4. The van der Waals surface area contributed by atoms with Crippen LogP contribution in [-0.2, 0) is 16.4 Å². The highest BCUT2D eigenvalue weighted by molar-refractivity contribution is 9.10. The summed E-state index contributed by atoms with van der Waals surface area (Å²) in [6.45, 7) is 2.31. The molecule has 2 aromatic rings. The first-order valence-corrected chi connectivity index (χ1v) is 8.58. The average Bonchev–Trinajstić information content (AvgIpc) is 2.37. The Hall–Kier alpha value is -1.40. The zero-order chi connectivity index (χ0) is 14.8. The van der Waals surface area contributed by atoms with Crippen molar-refractivity contribution in [3.63, 3.8) is 0 Å². The van der Waals surface area contributed by atoms with Gasteiger partial charge in [0, 0.05) is 16.9 Å². The lowest BCUT2D eigenvalue weighted by atomic mass is 10.2. The van der Waals surface area contributed by atoms with E-state index in [-0.39, 0.29) is 4.90 Å². The van der Waals surface area contributed by atoms with Crippen LogP contribution in [0.2, 0.25) is 0 Å². The van der Waals surface area contributed by atoms with Crippen LogP contribution >= 0.6 is 15.9 Å². The lowest BCUT2D eigenvalue weighted by molar-refractivity contribution is 0.300. The molecule has 0 aliphatic carbocycles.